The maximum atomic E-state index is 11.8. The second-order valence-electron chi connectivity index (χ2n) is 8.23. The highest BCUT2D eigenvalue weighted by Crippen LogP contribution is 2.48. The van der Waals surface area contributed by atoms with Gasteiger partial charge >= 0.3 is 11.9 Å². The lowest BCUT2D eigenvalue weighted by Gasteiger charge is -2.28. The van der Waals surface area contributed by atoms with Crippen molar-refractivity contribution in [1.29, 1.82) is 0 Å². The van der Waals surface area contributed by atoms with Crippen LogP contribution in [0.15, 0.2) is 4.99 Å². The molecule has 0 fully saturated rings. The van der Waals surface area contributed by atoms with E-state index in [4.69, 9.17) is 9.84 Å². The highest BCUT2D eigenvalue weighted by atomic mass is 16.6. The second kappa shape index (κ2) is 7.98. The fourth-order valence-electron chi connectivity index (χ4n) is 3.03. The Balaban J connectivity index is 3.31. The summed E-state index contributed by atoms with van der Waals surface area (Å²) in [5.74, 6) is -1.75. The van der Waals surface area contributed by atoms with Crippen LogP contribution in [0.2, 0.25) is 0 Å². The number of carboxylic acid groups (broad SMARTS) is 1. The highest BCUT2D eigenvalue weighted by molar-refractivity contribution is 5.88. The molecule has 0 bridgehead atoms. The average Bonchev–Trinajstić information content (AvgIpc) is 2.45. The van der Waals surface area contributed by atoms with Gasteiger partial charge in [0.15, 0.2) is 0 Å². The molecular formula is C20H29NO6. The summed E-state index contributed by atoms with van der Waals surface area (Å²) in [6.07, 6.45) is 0.975. The van der Waals surface area contributed by atoms with Gasteiger partial charge in [-0.05, 0) is 40.2 Å². The summed E-state index contributed by atoms with van der Waals surface area (Å²) < 4.78 is 5.19. The van der Waals surface area contributed by atoms with Crippen molar-refractivity contribution in [3.8, 4) is 11.5 Å². The van der Waals surface area contributed by atoms with Crippen LogP contribution in [-0.4, -0.2) is 39.1 Å². The van der Waals surface area contributed by atoms with E-state index in [1.165, 1.54) is 6.21 Å². The molecule has 7 nitrogen and oxygen atoms in total. The van der Waals surface area contributed by atoms with Crippen LogP contribution in [0.5, 0.6) is 11.5 Å². The van der Waals surface area contributed by atoms with E-state index in [1.54, 1.807) is 48.5 Å². The number of hydrogen-bond acceptors (Lipinski definition) is 6. The molecule has 1 aromatic rings. The standard InChI is InChI=1S/C20H29NO6/c1-11-15(20(6,7)10-13(22)23)18(26)16(12(2)17(11)25)21-9-8-14(24)27-19(3,4)5/h9,25-26H,8,10H2,1-7H3,(H,22,23). The van der Waals surface area contributed by atoms with Crippen LogP contribution in [0.4, 0.5) is 5.69 Å². The lowest BCUT2D eigenvalue weighted by molar-refractivity contribution is -0.153. The fourth-order valence-corrected chi connectivity index (χ4v) is 3.03. The van der Waals surface area contributed by atoms with E-state index in [2.05, 4.69) is 4.99 Å². The van der Waals surface area contributed by atoms with Gasteiger partial charge in [-0.2, -0.15) is 0 Å². The van der Waals surface area contributed by atoms with Gasteiger partial charge in [-0.25, -0.2) is 0 Å². The molecule has 0 spiro atoms. The molecule has 1 rings (SSSR count). The van der Waals surface area contributed by atoms with Crippen molar-refractivity contribution in [1.82, 2.24) is 0 Å². The highest BCUT2D eigenvalue weighted by Gasteiger charge is 2.32. The van der Waals surface area contributed by atoms with Crippen molar-refractivity contribution >= 4 is 23.8 Å². The van der Waals surface area contributed by atoms with Gasteiger partial charge in [-0.15, -0.1) is 0 Å². The van der Waals surface area contributed by atoms with Gasteiger partial charge in [-0.1, -0.05) is 13.8 Å². The monoisotopic (exact) mass is 379 g/mol. The SMILES string of the molecule is Cc1c(O)c(C)c(C(C)(C)CC(=O)O)c(O)c1N=CCC(=O)OC(C)(C)C. The summed E-state index contributed by atoms with van der Waals surface area (Å²) in [4.78, 5) is 27.1. The molecule has 150 valence electrons. The molecule has 0 radical (unpaired) electrons. The Labute approximate surface area is 159 Å². The minimum atomic E-state index is -1.02. The number of rotatable bonds is 6. The normalized spacial score (nSPS) is 12.4. The largest absolute Gasteiger partial charge is 0.507 e. The Morgan fingerprint density at radius 2 is 1.59 bits per heavy atom. The zero-order valence-corrected chi connectivity index (χ0v) is 17.0. The maximum absolute atomic E-state index is 11.8. The molecule has 0 amide bonds. The van der Waals surface area contributed by atoms with E-state index in [0.29, 0.717) is 16.7 Å². The van der Waals surface area contributed by atoms with Crippen molar-refractivity contribution in [3.05, 3.63) is 16.7 Å². The third-order valence-electron chi connectivity index (χ3n) is 4.07. The predicted molar refractivity (Wildman–Crippen MR) is 103 cm³/mol. The van der Waals surface area contributed by atoms with E-state index in [9.17, 15) is 19.8 Å². The molecule has 27 heavy (non-hydrogen) atoms. The Bertz CT molecular complexity index is 772. The number of aliphatic carboxylic acids is 1. The van der Waals surface area contributed by atoms with Gasteiger partial charge in [0.25, 0.3) is 0 Å². The van der Waals surface area contributed by atoms with Crippen LogP contribution in [0, 0.1) is 13.8 Å². The number of phenols is 2. The van der Waals surface area contributed by atoms with Crippen molar-refractivity contribution in [2.75, 3.05) is 0 Å². The quantitative estimate of drug-likeness (QED) is 0.392. The minimum absolute atomic E-state index is 0.0642. The molecule has 0 atom stereocenters. The molecule has 0 aliphatic carbocycles. The summed E-state index contributed by atoms with van der Waals surface area (Å²) in [7, 11) is 0. The van der Waals surface area contributed by atoms with Gasteiger partial charge in [0.1, 0.15) is 22.8 Å². The number of nitrogens with zero attached hydrogens (tertiary/aromatic N) is 1. The number of hydrogen-bond donors (Lipinski definition) is 3. The van der Waals surface area contributed by atoms with E-state index >= 15 is 0 Å². The van der Waals surface area contributed by atoms with Crippen LogP contribution in [0.25, 0.3) is 0 Å². The second-order valence-corrected chi connectivity index (χ2v) is 8.23. The van der Waals surface area contributed by atoms with Crippen LogP contribution >= 0.6 is 0 Å². The smallest absolute Gasteiger partial charge is 0.311 e. The van der Waals surface area contributed by atoms with Gasteiger partial charge < -0.3 is 20.1 Å². The van der Waals surface area contributed by atoms with Crippen LogP contribution in [0.1, 0.15) is 64.2 Å². The molecule has 0 saturated carbocycles. The zero-order valence-electron chi connectivity index (χ0n) is 17.0. The first-order valence-electron chi connectivity index (χ1n) is 8.69. The van der Waals surface area contributed by atoms with E-state index < -0.39 is 23.0 Å². The Hall–Kier alpha value is -2.57. The summed E-state index contributed by atoms with van der Waals surface area (Å²) in [5, 5.41) is 30.3. The topological polar surface area (TPSA) is 116 Å². The van der Waals surface area contributed by atoms with Crippen molar-refractivity contribution in [2.24, 2.45) is 4.99 Å². The third kappa shape index (κ3) is 5.70. The molecule has 0 heterocycles. The van der Waals surface area contributed by atoms with Gasteiger partial charge in [0.2, 0.25) is 0 Å². The zero-order chi connectivity index (χ0) is 21.2. The number of carbonyl (C=O) groups is 2. The van der Waals surface area contributed by atoms with E-state index in [1.807, 2.05) is 0 Å². The van der Waals surface area contributed by atoms with Gasteiger partial charge in [0.05, 0.1) is 12.8 Å². The Morgan fingerprint density at radius 1 is 1.04 bits per heavy atom. The Kier molecular flexibility index (Phi) is 6.64. The molecule has 3 N–H and O–H groups in total. The molecular weight excluding hydrogens is 350 g/mol. The summed E-state index contributed by atoms with van der Waals surface area (Å²) >= 11 is 0. The number of carbonyl (C=O) groups excluding carboxylic acids is 1. The average molecular weight is 379 g/mol. The van der Waals surface area contributed by atoms with Crippen LogP contribution in [-0.2, 0) is 19.7 Å². The molecule has 0 aliphatic rings. The number of esters is 1. The van der Waals surface area contributed by atoms with E-state index in [-0.39, 0.29) is 30.0 Å². The van der Waals surface area contributed by atoms with Crippen LogP contribution in [0.3, 0.4) is 0 Å². The van der Waals surface area contributed by atoms with Crippen molar-refractivity contribution in [2.45, 2.75) is 72.3 Å². The third-order valence-corrected chi connectivity index (χ3v) is 4.07. The van der Waals surface area contributed by atoms with Gasteiger partial charge in [0, 0.05) is 22.8 Å². The lowest BCUT2D eigenvalue weighted by Crippen LogP contribution is -2.24. The van der Waals surface area contributed by atoms with Crippen molar-refractivity contribution in [3.63, 3.8) is 0 Å². The molecule has 0 aliphatic heterocycles. The fraction of sp³-hybridized carbons (Fsp3) is 0.550. The first-order chi connectivity index (χ1) is 12.2. The molecule has 1 aromatic carbocycles. The van der Waals surface area contributed by atoms with E-state index in [0.717, 1.165) is 0 Å². The molecule has 0 saturated heterocycles. The number of ether oxygens (including phenoxy) is 1. The summed E-state index contributed by atoms with van der Waals surface area (Å²) in [5.41, 5.74) is -0.366. The van der Waals surface area contributed by atoms with Crippen molar-refractivity contribution < 1.29 is 29.6 Å². The lowest BCUT2D eigenvalue weighted by atomic mass is 9.77. The number of carboxylic acids is 1. The molecule has 0 aromatic heterocycles. The van der Waals surface area contributed by atoms with Crippen LogP contribution < -0.4 is 0 Å². The maximum Gasteiger partial charge on any atom is 0.311 e. The minimum Gasteiger partial charge on any atom is -0.507 e. The number of aliphatic imine (C=N–C) groups is 1. The first kappa shape index (κ1) is 22.5. The number of benzene rings is 1. The predicted octanol–water partition coefficient (Wildman–Crippen LogP) is 3.90. The van der Waals surface area contributed by atoms with Gasteiger partial charge in [-0.3, -0.25) is 14.6 Å². The molecule has 7 heteroatoms. The Morgan fingerprint density at radius 3 is 2.07 bits per heavy atom. The number of aromatic hydroxyl groups is 2. The first-order valence-corrected chi connectivity index (χ1v) is 8.69. The number of phenolic OH excluding ortho intramolecular Hbond substituents is 2. The summed E-state index contributed by atoms with van der Waals surface area (Å²) in [6.45, 7) is 11.8. The molecule has 0 unspecified atom stereocenters. The summed E-state index contributed by atoms with van der Waals surface area (Å²) in [6, 6.07) is 0.